The maximum atomic E-state index is 5.54. The number of hydrogen-bond acceptors (Lipinski definition) is 4. The minimum Gasteiger partial charge on any atom is -0.377 e. The van der Waals surface area contributed by atoms with E-state index in [2.05, 4.69) is 14.9 Å². The Morgan fingerprint density at radius 1 is 1.27 bits per heavy atom. The summed E-state index contributed by atoms with van der Waals surface area (Å²) in [6.07, 6.45) is 6.28. The molecule has 1 aromatic rings. The summed E-state index contributed by atoms with van der Waals surface area (Å²) < 4.78 is 5.54. The van der Waals surface area contributed by atoms with E-state index in [4.69, 9.17) is 4.74 Å². The van der Waals surface area contributed by atoms with E-state index in [1.807, 2.05) is 18.5 Å². The number of aromatic nitrogens is 2. The van der Waals surface area contributed by atoms with Crippen molar-refractivity contribution in [3.63, 3.8) is 0 Å². The van der Waals surface area contributed by atoms with Gasteiger partial charge in [-0.2, -0.15) is 0 Å². The molecule has 0 spiro atoms. The predicted octanol–water partition coefficient (Wildman–Crippen LogP) is 1.09. The molecule has 0 unspecified atom stereocenters. The highest BCUT2D eigenvalue weighted by Gasteiger charge is 2.38. The van der Waals surface area contributed by atoms with Gasteiger partial charge in [0, 0.05) is 18.9 Å². The molecular formula is C11H15N3O. The lowest BCUT2D eigenvalue weighted by atomic mass is 10.1. The number of nitrogens with zero attached hydrogens (tertiary/aromatic N) is 3. The topological polar surface area (TPSA) is 38.2 Å². The SMILES string of the molecule is c1cnc(N2CCOC[C@@H]2C2CC2)nc1. The first kappa shape index (κ1) is 9.09. The van der Waals surface area contributed by atoms with Crippen LogP contribution < -0.4 is 4.90 Å². The van der Waals surface area contributed by atoms with Crippen LogP contribution in [-0.2, 0) is 4.74 Å². The normalized spacial score (nSPS) is 26.7. The fourth-order valence-corrected chi connectivity index (χ4v) is 2.18. The molecule has 2 heterocycles. The first-order chi connectivity index (χ1) is 7.45. The van der Waals surface area contributed by atoms with Gasteiger partial charge in [-0.3, -0.25) is 0 Å². The Hall–Kier alpha value is -1.16. The average molecular weight is 205 g/mol. The fraction of sp³-hybridized carbons (Fsp3) is 0.636. The van der Waals surface area contributed by atoms with E-state index in [1.165, 1.54) is 12.8 Å². The van der Waals surface area contributed by atoms with Gasteiger partial charge in [0.1, 0.15) is 0 Å². The van der Waals surface area contributed by atoms with Crippen molar-refractivity contribution in [1.29, 1.82) is 0 Å². The van der Waals surface area contributed by atoms with Crippen molar-refractivity contribution >= 4 is 5.95 Å². The van der Waals surface area contributed by atoms with Crippen molar-refractivity contribution in [2.24, 2.45) is 5.92 Å². The van der Waals surface area contributed by atoms with E-state index in [-0.39, 0.29) is 0 Å². The molecule has 1 saturated heterocycles. The Kier molecular flexibility index (Phi) is 2.29. The van der Waals surface area contributed by atoms with Crippen LogP contribution in [0.2, 0.25) is 0 Å². The van der Waals surface area contributed by atoms with Crippen molar-refractivity contribution in [1.82, 2.24) is 9.97 Å². The van der Waals surface area contributed by atoms with Gasteiger partial charge in [0.05, 0.1) is 19.3 Å². The summed E-state index contributed by atoms with van der Waals surface area (Å²) in [5.74, 6) is 1.66. The van der Waals surface area contributed by atoms with Crippen LogP contribution in [0.25, 0.3) is 0 Å². The molecule has 1 atom stereocenters. The highest BCUT2D eigenvalue weighted by Crippen LogP contribution is 2.37. The first-order valence-electron chi connectivity index (χ1n) is 5.56. The van der Waals surface area contributed by atoms with Gasteiger partial charge in [-0.05, 0) is 24.8 Å². The van der Waals surface area contributed by atoms with Crippen LogP contribution in [0.1, 0.15) is 12.8 Å². The third kappa shape index (κ3) is 1.81. The molecule has 1 aliphatic heterocycles. The van der Waals surface area contributed by atoms with Crippen LogP contribution in [0.3, 0.4) is 0 Å². The van der Waals surface area contributed by atoms with Crippen LogP contribution in [0.5, 0.6) is 0 Å². The van der Waals surface area contributed by atoms with Gasteiger partial charge in [0.2, 0.25) is 5.95 Å². The zero-order chi connectivity index (χ0) is 10.1. The van der Waals surface area contributed by atoms with Gasteiger partial charge < -0.3 is 9.64 Å². The number of rotatable bonds is 2. The summed E-state index contributed by atoms with van der Waals surface area (Å²) in [6.45, 7) is 2.55. The van der Waals surface area contributed by atoms with Gasteiger partial charge >= 0.3 is 0 Å². The highest BCUT2D eigenvalue weighted by atomic mass is 16.5. The van der Waals surface area contributed by atoms with Gasteiger partial charge in [-0.15, -0.1) is 0 Å². The lowest BCUT2D eigenvalue weighted by Gasteiger charge is -2.35. The molecule has 0 amide bonds. The summed E-state index contributed by atoms with van der Waals surface area (Å²) in [4.78, 5) is 11.0. The van der Waals surface area contributed by atoms with Crippen molar-refractivity contribution in [2.45, 2.75) is 18.9 Å². The largest absolute Gasteiger partial charge is 0.377 e. The monoisotopic (exact) mass is 205 g/mol. The molecule has 80 valence electrons. The summed E-state index contributed by atoms with van der Waals surface area (Å²) in [5.41, 5.74) is 0. The van der Waals surface area contributed by atoms with E-state index < -0.39 is 0 Å². The van der Waals surface area contributed by atoms with Crippen molar-refractivity contribution in [3.8, 4) is 0 Å². The quantitative estimate of drug-likeness (QED) is 0.724. The third-order valence-corrected chi connectivity index (χ3v) is 3.14. The molecule has 1 saturated carbocycles. The Labute approximate surface area is 89.3 Å². The second-order valence-electron chi connectivity index (χ2n) is 4.22. The second kappa shape index (κ2) is 3.77. The van der Waals surface area contributed by atoms with Crippen LogP contribution in [0, 0.1) is 5.92 Å². The lowest BCUT2D eigenvalue weighted by molar-refractivity contribution is 0.0869. The minimum absolute atomic E-state index is 0.501. The first-order valence-corrected chi connectivity index (χ1v) is 5.56. The highest BCUT2D eigenvalue weighted by molar-refractivity contribution is 5.32. The summed E-state index contributed by atoms with van der Waals surface area (Å²) in [7, 11) is 0. The van der Waals surface area contributed by atoms with Gasteiger partial charge in [0.25, 0.3) is 0 Å². The molecular weight excluding hydrogens is 190 g/mol. The summed E-state index contributed by atoms with van der Waals surface area (Å²) >= 11 is 0. The Bertz CT molecular complexity index is 326. The lowest BCUT2D eigenvalue weighted by Crippen LogP contribution is -2.47. The molecule has 1 aromatic heterocycles. The van der Waals surface area contributed by atoms with E-state index in [1.54, 1.807) is 0 Å². The van der Waals surface area contributed by atoms with Gasteiger partial charge in [-0.25, -0.2) is 9.97 Å². The molecule has 3 rings (SSSR count). The number of hydrogen-bond donors (Lipinski definition) is 0. The number of morpholine rings is 1. The van der Waals surface area contributed by atoms with Crippen molar-refractivity contribution in [3.05, 3.63) is 18.5 Å². The van der Waals surface area contributed by atoms with E-state index in [0.717, 1.165) is 31.6 Å². The van der Waals surface area contributed by atoms with Crippen LogP contribution >= 0.6 is 0 Å². The third-order valence-electron chi connectivity index (χ3n) is 3.14. The van der Waals surface area contributed by atoms with Crippen molar-refractivity contribution in [2.75, 3.05) is 24.7 Å². The minimum atomic E-state index is 0.501. The van der Waals surface area contributed by atoms with Crippen molar-refractivity contribution < 1.29 is 4.74 Å². The van der Waals surface area contributed by atoms with Gasteiger partial charge in [-0.1, -0.05) is 0 Å². The molecule has 2 fully saturated rings. The Morgan fingerprint density at radius 3 is 2.80 bits per heavy atom. The summed E-state index contributed by atoms with van der Waals surface area (Å²) in [5, 5.41) is 0. The zero-order valence-electron chi connectivity index (χ0n) is 8.67. The molecule has 0 bridgehead atoms. The maximum absolute atomic E-state index is 5.54. The van der Waals surface area contributed by atoms with Crippen LogP contribution in [0.4, 0.5) is 5.95 Å². The molecule has 15 heavy (non-hydrogen) atoms. The average Bonchev–Trinajstić information content (AvgIpc) is 3.14. The predicted molar refractivity (Wildman–Crippen MR) is 56.7 cm³/mol. The summed E-state index contributed by atoms with van der Waals surface area (Å²) in [6, 6.07) is 2.36. The maximum Gasteiger partial charge on any atom is 0.225 e. The smallest absolute Gasteiger partial charge is 0.225 e. The second-order valence-corrected chi connectivity index (χ2v) is 4.22. The fourth-order valence-electron chi connectivity index (χ4n) is 2.18. The molecule has 0 radical (unpaired) electrons. The molecule has 2 aliphatic rings. The number of anilines is 1. The Balaban J connectivity index is 1.82. The van der Waals surface area contributed by atoms with E-state index in [0.29, 0.717) is 6.04 Å². The van der Waals surface area contributed by atoms with Crippen LogP contribution in [0.15, 0.2) is 18.5 Å². The number of ether oxygens (including phenoxy) is 1. The molecule has 4 nitrogen and oxygen atoms in total. The van der Waals surface area contributed by atoms with Crippen LogP contribution in [-0.4, -0.2) is 35.8 Å². The van der Waals surface area contributed by atoms with E-state index in [9.17, 15) is 0 Å². The van der Waals surface area contributed by atoms with E-state index >= 15 is 0 Å². The molecule has 4 heteroatoms. The van der Waals surface area contributed by atoms with Gasteiger partial charge in [0.15, 0.2) is 0 Å². The Morgan fingerprint density at radius 2 is 2.07 bits per heavy atom. The molecule has 0 N–H and O–H groups in total. The zero-order valence-corrected chi connectivity index (χ0v) is 8.67. The standard InChI is InChI=1S/C11H15N3O/c1-4-12-11(13-5-1)14-6-7-15-8-10(14)9-2-3-9/h1,4-5,9-10H,2-3,6-8H2/t10-/m1/s1. The molecule has 1 aliphatic carbocycles. The molecule has 0 aromatic carbocycles.